The second kappa shape index (κ2) is 9.55. The fourth-order valence-electron chi connectivity index (χ4n) is 4.10. The first-order chi connectivity index (χ1) is 16.2. The Kier molecular flexibility index (Phi) is 6.17. The van der Waals surface area contributed by atoms with Crippen molar-refractivity contribution in [1.29, 1.82) is 0 Å². The number of hydrogen-bond acceptors (Lipinski definition) is 5. The summed E-state index contributed by atoms with van der Waals surface area (Å²) >= 11 is 1.36. The summed E-state index contributed by atoms with van der Waals surface area (Å²) in [4.78, 5) is 20.0. The van der Waals surface area contributed by atoms with Crippen LogP contribution in [0.3, 0.4) is 0 Å². The molecule has 0 aliphatic carbocycles. The van der Waals surface area contributed by atoms with Gasteiger partial charge in [0.25, 0.3) is 0 Å². The summed E-state index contributed by atoms with van der Waals surface area (Å²) in [5.41, 5.74) is 6.00. The molecule has 0 N–H and O–H groups in total. The zero-order valence-electron chi connectivity index (χ0n) is 18.4. The lowest BCUT2D eigenvalue weighted by molar-refractivity contribution is -0.131. The van der Waals surface area contributed by atoms with Crippen molar-refractivity contribution in [3.05, 3.63) is 96.1 Å². The maximum absolute atomic E-state index is 13.2. The maximum atomic E-state index is 13.2. The summed E-state index contributed by atoms with van der Waals surface area (Å²) in [6.07, 6.45) is 0.890. The molecule has 2 heterocycles. The standard InChI is InChI=1S/C27H24N4OS/c1-19(26(32)31-17-16-20-10-8-9-15-23(20)18-31)33-27-28-24(21-11-4-2-5-12-21)25(29-30-27)22-13-6-3-7-14-22/h2-15,19H,16-18H2,1H3/t19-/m0/s1. The van der Waals surface area contributed by atoms with Crippen molar-refractivity contribution in [2.75, 3.05) is 6.54 Å². The van der Waals surface area contributed by atoms with E-state index < -0.39 is 0 Å². The fraction of sp³-hybridized carbons (Fsp3) is 0.185. The van der Waals surface area contributed by atoms with Crippen molar-refractivity contribution in [3.8, 4) is 22.5 Å². The molecule has 0 unspecified atom stereocenters. The molecule has 1 aliphatic rings. The van der Waals surface area contributed by atoms with Gasteiger partial charge in [0, 0.05) is 24.2 Å². The highest BCUT2D eigenvalue weighted by Crippen LogP contribution is 2.31. The van der Waals surface area contributed by atoms with E-state index in [9.17, 15) is 4.79 Å². The molecule has 164 valence electrons. The Labute approximate surface area is 197 Å². The number of rotatable bonds is 5. The number of nitrogens with zero attached hydrogens (tertiary/aromatic N) is 4. The van der Waals surface area contributed by atoms with Gasteiger partial charge in [0.05, 0.1) is 5.25 Å². The van der Waals surface area contributed by atoms with Gasteiger partial charge in [-0.2, -0.15) is 0 Å². The van der Waals surface area contributed by atoms with E-state index in [1.807, 2.05) is 78.6 Å². The monoisotopic (exact) mass is 452 g/mol. The van der Waals surface area contributed by atoms with Crippen molar-refractivity contribution in [2.24, 2.45) is 0 Å². The third kappa shape index (κ3) is 4.66. The summed E-state index contributed by atoms with van der Waals surface area (Å²) in [5.74, 6) is 0.103. The Bertz CT molecular complexity index is 1260. The van der Waals surface area contributed by atoms with E-state index in [0.717, 1.165) is 35.5 Å². The number of aromatic nitrogens is 3. The summed E-state index contributed by atoms with van der Waals surface area (Å²) < 4.78 is 0. The highest BCUT2D eigenvalue weighted by atomic mass is 32.2. The summed E-state index contributed by atoms with van der Waals surface area (Å²) in [6.45, 7) is 3.31. The summed E-state index contributed by atoms with van der Waals surface area (Å²) in [6, 6.07) is 28.3. The van der Waals surface area contributed by atoms with Crippen LogP contribution in [0.5, 0.6) is 0 Å². The molecule has 5 nitrogen and oxygen atoms in total. The Morgan fingerprint density at radius 3 is 2.12 bits per heavy atom. The minimum atomic E-state index is -0.303. The van der Waals surface area contributed by atoms with Gasteiger partial charge in [-0.1, -0.05) is 96.7 Å². The maximum Gasteiger partial charge on any atom is 0.236 e. The van der Waals surface area contributed by atoms with E-state index in [4.69, 9.17) is 4.98 Å². The predicted octanol–water partition coefficient (Wildman–Crippen LogP) is 5.27. The van der Waals surface area contributed by atoms with Gasteiger partial charge in [0.2, 0.25) is 11.1 Å². The highest BCUT2D eigenvalue weighted by molar-refractivity contribution is 8.00. The van der Waals surface area contributed by atoms with E-state index in [1.54, 1.807) is 0 Å². The van der Waals surface area contributed by atoms with Crippen molar-refractivity contribution < 1.29 is 4.79 Å². The van der Waals surface area contributed by atoms with Gasteiger partial charge in [-0.3, -0.25) is 4.79 Å². The molecule has 33 heavy (non-hydrogen) atoms. The quantitative estimate of drug-likeness (QED) is 0.386. The molecular weight excluding hydrogens is 428 g/mol. The number of carbonyl (C=O) groups is 1. The largest absolute Gasteiger partial charge is 0.337 e. The Balaban J connectivity index is 1.39. The van der Waals surface area contributed by atoms with Crippen LogP contribution in [0.25, 0.3) is 22.5 Å². The Morgan fingerprint density at radius 1 is 0.818 bits per heavy atom. The van der Waals surface area contributed by atoms with Crippen molar-refractivity contribution in [2.45, 2.75) is 30.3 Å². The molecule has 0 radical (unpaired) electrons. The highest BCUT2D eigenvalue weighted by Gasteiger charge is 2.26. The van der Waals surface area contributed by atoms with Crippen LogP contribution in [0.15, 0.2) is 90.1 Å². The predicted molar refractivity (Wildman–Crippen MR) is 132 cm³/mol. The smallest absolute Gasteiger partial charge is 0.236 e. The third-order valence-electron chi connectivity index (χ3n) is 5.83. The SMILES string of the molecule is C[C@H](Sc1nnc(-c2ccccc2)c(-c2ccccc2)n1)C(=O)N1CCc2ccccc2C1. The van der Waals surface area contributed by atoms with Gasteiger partial charge in [-0.05, 0) is 24.5 Å². The molecule has 0 saturated carbocycles. The fourth-order valence-corrected chi connectivity index (χ4v) is 4.90. The molecule has 0 bridgehead atoms. The minimum absolute atomic E-state index is 0.103. The van der Waals surface area contributed by atoms with Crippen LogP contribution in [0.4, 0.5) is 0 Å². The van der Waals surface area contributed by atoms with Gasteiger partial charge in [0.1, 0.15) is 11.4 Å². The average Bonchev–Trinajstić information content (AvgIpc) is 2.89. The van der Waals surface area contributed by atoms with E-state index in [2.05, 4.69) is 28.4 Å². The second-order valence-electron chi connectivity index (χ2n) is 8.06. The molecule has 0 fully saturated rings. The number of fused-ring (bicyclic) bond motifs is 1. The van der Waals surface area contributed by atoms with Crippen LogP contribution < -0.4 is 0 Å². The van der Waals surface area contributed by atoms with Gasteiger partial charge >= 0.3 is 0 Å². The van der Waals surface area contributed by atoms with Crippen molar-refractivity contribution in [1.82, 2.24) is 20.1 Å². The van der Waals surface area contributed by atoms with E-state index in [-0.39, 0.29) is 11.2 Å². The topological polar surface area (TPSA) is 59.0 Å². The van der Waals surface area contributed by atoms with E-state index in [1.165, 1.54) is 22.9 Å². The van der Waals surface area contributed by atoms with Crippen LogP contribution in [0.2, 0.25) is 0 Å². The van der Waals surface area contributed by atoms with Crippen LogP contribution in [-0.4, -0.2) is 37.8 Å². The third-order valence-corrected chi connectivity index (χ3v) is 6.77. The van der Waals surface area contributed by atoms with Crippen molar-refractivity contribution >= 4 is 17.7 Å². The lowest BCUT2D eigenvalue weighted by Crippen LogP contribution is -2.40. The number of carbonyl (C=O) groups excluding carboxylic acids is 1. The van der Waals surface area contributed by atoms with Gasteiger partial charge in [-0.25, -0.2) is 4.98 Å². The number of thioether (sulfide) groups is 1. The van der Waals surface area contributed by atoms with Crippen LogP contribution in [-0.2, 0) is 17.8 Å². The molecular formula is C27H24N4OS. The molecule has 1 amide bonds. The first-order valence-electron chi connectivity index (χ1n) is 11.1. The normalized spacial score (nSPS) is 13.9. The second-order valence-corrected chi connectivity index (χ2v) is 9.37. The lowest BCUT2D eigenvalue weighted by atomic mass is 10.00. The van der Waals surface area contributed by atoms with Gasteiger partial charge < -0.3 is 4.90 Å². The zero-order valence-corrected chi connectivity index (χ0v) is 19.2. The minimum Gasteiger partial charge on any atom is -0.337 e. The first-order valence-corrected chi connectivity index (χ1v) is 11.9. The molecule has 5 rings (SSSR count). The Morgan fingerprint density at radius 2 is 1.42 bits per heavy atom. The molecule has 1 atom stereocenters. The van der Waals surface area contributed by atoms with Crippen molar-refractivity contribution in [3.63, 3.8) is 0 Å². The number of benzene rings is 3. The molecule has 0 spiro atoms. The molecule has 3 aromatic carbocycles. The van der Waals surface area contributed by atoms with Gasteiger partial charge in [0.15, 0.2) is 0 Å². The zero-order chi connectivity index (χ0) is 22.6. The number of hydrogen-bond donors (Lipinski definition) is 0. The van der Waals surface area contributed by atoms with Crippen LogP contribution in [0, 0.1) is 0 Å². The van der Waals surface area contributed by atoms with Gasteiger partial charge in [-0.15, -0.1) is 10.2 Å². The molecule has 6 heteroatoms. The van der Waals surface area contributed by atoms with E-state index >= 15 is 0 Å². The molecule has 0 saturated heterocycles. The molecule has 1 aliphatic heterocycles. The lowest BCUT2D eigenvalue weighted by Gasteiger charge is -2.30. The molecule has 1 aromatic heterocycles. The van der Waals surface area contributed by atoms with Crippen LogP contribution >= 0.6 is 11.8 Å². The average molecular weight is 453 g/mol. The Hall–Kier alpha value is -3.51. The molecule has 4 aromatic rings. The first kappa shape index (κ1) is 21.3. The van der Waals surface area contributed by atoms with E-state index in [0.29, 0.717) is 11.7 Å². The summed E-state index contributed by atoms with van der Waals surface area (Å²) in [5, 5.41) is 9.10. The number of amides is 1. The summed E-state index contributed by atoms with van der Waals surface area (Å²) in [7, 11) is 0. The van der Waals surface area contributed by atoms with Crippen LogP contribution in [0.1, 0.15) is 18.1 Å².